The maximum atomic E-state index is 5.11. The Kier molecular flexibility index (Phi) is 9.06. The van der Waals surface area contributed by atoms with Crippen LogP contribution in [0.25, 0.3) is 0 Å². The van der Waals surface area contributed by atoms with Crippen molar-refractivity contribution in [2.45, 2.75) is 0 Å². The molecule has 0 aliphatic heterocycles. The molecule has 44 valence electrons. The third-order valence-corrected chi connectivity index (χ3v) is 9.08. The van der Waals surface area contributed by atoms with E-state index >= 15 is 0 Å². The number of hydrogen-bond donors (Lipinski definition) is 0. The minimum absolute atomic E-state index is 1.14. The van der Waals surface area contributed by atoms with Crippen LogP contribution in [0.4, 0.5) is 0 Å². The third-order valence-electron chi connectivity index (χ3n) is 0.402. The normalized spacial score (nSPS) is 12.9. The Labute approximate surface area is 65.3 Å². The first-order valence-corrected chi connectivity index (χ1v) is 8.56. The summed E-state index contributed by atoms with van der Waals surface area (Å²) in [6.45, 7) is 0. The first kappa shape index (κ1) is 8.48. The SMILES string of the molecule is C[O][SnH2][O][SnH2][O]C. The van der Waals surface area contributed by atoms with E-state index < -0.39 is 43.9 Å². The Bertz CT molecular complexity index is 30.1. The summed E-state index contributed by atoms with van der Waals surface area (Å²) in [7, 11) is 3.38. The van der Waals surface area contributed by atoms with E-state index in [2.05, 4.69) is 0 Å². The van der Waals surface area contributed by atoms with Crippen molar-refractivity contribution in [2.24, 2.45) is 0 Å². The molecule has 0 N–H and O–H groups in total. The molecule has 0 aliphatic rings. The van der Waals surface area contributed by atoms with Crippen LogP contribution < -0.4 is 0 Å². The first-order chi connectivity index (χ1) is 3.41. The van der Waals surface area contributed by atoms with E-state index in [1.54, 1.807) is 14.2 Å². The summed E-state index contributed by atoms with van der Waals surface area (Å²) in [5.74, 6) is 0. The van der Waals surface area contributed by atoms with Gasteiger partial charge >= 0.3 is 65.7 Å². The van der Waals surface area contributed by atoms with Gasteiger partial charge in [-0.05, 0) is 0 Å². The Morgan fingerprint density at radius 1 is 1.00 bits per heavy atom. The topological polar surface area (TPSA) is 27.7 Å². The van der Waals surface area contributed by atoms with Crippen molar-refractivity contribution in [3.8, 4) is 0 Å². The molecule has 5 heteroatoms. The van der Waals surface area contributed by atoms with Gasteiger partial charge in [0.15, 0.2) is 0 Å². The molecule has 0 rings (SSSR count). The Morgan fingerprint density at radius 2 is 1.43 bits per heavy atom. The van der Waals surface area contributed by atoms with Gasteiger partial charge < -0.3 is 0 Å². The van der Waals surface area contributed by atoms with Gasteiger partial charge in [-0.3, -0.25) is 0 Å². The quantitative estimate of drug-likeness (QED) is 0.456. The van der Waals surface area contributed by atoms with Crippen LogP contribution in [0.1, 0.15) is 0 Å². The second-order valence-corrected chi connectivity index (χ2v) is 14.6. The molecule has 0 aliphatic carbocycles. The van der Waals surface area contributed by atoms with Gasteiger partial charge in [0, 0.05) is 0 Å². The van der Waals surface area contributed by atoms with Crippen molar-refractivity contribution in [3.63, 3.8) is 0 Å². The van der Waals surface area contributed by atoms with Gasteiger partial charge in [0.2, 0.25) is 0 Å². The van der Waals surface area contributed by atoms with Crippen molar-refractivity contribution in [1.82, 2.24) is 0 Å². The average molecular weight is 320 g/mol. The van der Waals surface area contributed by atoms with Crippen molar-refractivity contribution in [2.75, 3.05) is 14.2 Å². The first-order valence-electron chi connectivity index (χ1n) is 1.97. The maximum absolute atomic E-state index is 5.11. The van der Waals surface area contributed by atoms with E-state index in [9.17, 15) is 0 Å². The van der Waals surface area contributed by atoms with E-state index in [1.165, 1.54) is 0 Å². The molecule has 0 aromatic carbocycles. The third kappa shape index (κ3) is 7.48. The Hall–Kier alpha value is 1.48. The zero-order valence-electron chi connectivity index (χ0n) is 4.64. The van der Waals surface area contributed by atoms with Crippen LogP contribution in [0.5, 0.6) is 0 Å². The van der Waals surface area contributed by atoms with Gasteiger partial charge in [-0.15, -0.1) is 0 Å². The van der Waals surface area contributed by atoms with Crippen LogP contribution in [-0.2, 0) is 7.56 Å². The second kappa shape index (κ2) is 7.48. The summed E-state index contributed by atoms with van der Waals surface area (Å²) in [5, 5.41) is 0. The van der Waals surface area contributed by atoms with Crippen molar-refractivity contribution in [3.05, 3.63) is 0 Å². The molecule has 0 amide bonds. The summed E-state index contributed by atoms with van der Waals surface area (Å²) in [6, 6.07) is 0. The fourth-order valence-corrected chi connectivity index (χ4v) is 9.03. The molecule has 0 saturated heterocycles. The molecule has 3 nitrogen and oxygen atoms in total. The van der Waals surface area contributed by atoms with E-state index in [1.807, 2.05) is 0 Å². The Morgan fingerprint density at radius 3 is 1.71 bits per heavy atom. The van der Waals surface area contributed by atoms with E-state index in [0.29, 0.717) is 0 Å². The number of rotatable bonds is 4. The van der Waals surface area contributed by atoms with Gasteiger partial charge in [0.1, 0.15) is 0 Å². The molecular weight excluding hydrogens is 309 g/mol. The molecule has 0 spiro atoms. The summed E-state index contributed by atoms with van der Waals surface area (Å²) >= 11 is -2.28. The standard InChI is InChI=1S/2CH3O.O.2Sn.4H/c2*1-2;;;;;;;/h2*1H3;;;;;;;/q2*-1;;2*+1;;;;. The van der Waals surface area contributed by atoms with Gasteiger partial charge in [-0.2, -0.15) is 0 Å². The van der Waals surface area contributed by atoms with Crippen LogP contribution in [0.2, 0.25) is 0 Å². The number of hydrogen-bond acceptors (Lipinski definition) is 3. The average Bonchev–Trinajstić information content (AvgIpc) is 1.69. The van der Waals surface area contributed by atoms with Crippen LogP contribution in [0, 0.1) is 0 Å². The molecular formula is C2H10O3Sn2. The minimum atomic E-state index is -1.14. The van der Waals surface area contributed by atoms with Crippen molar-refractivity contribution in [1.29, 1.82) is 0 Å². The van der Waals surface area contributed by atoms with Gasteiger partial charge in [-0.25, -0.2) is 0 Å². The predicted molar refractivity (Wildman–Crippen MR) is 32.2 cm³/mol. The summed E-state index contributed by atoms with van der Waals surface area (Å²) in [6.07, 6.45) is 0. The van der Waals surface area contributed by atoms with Crippen molar-refractivity contribution >= 4 is 43.9 Å². The molecule has 0 heterocycles. The molecule has 0 atom stereocenters. The zero-order chi connectivity index (χ0) is 5.54. The monoisotopic (exact) mass is 322 g/mol. The van der Waals surface area contributed by atoms with Gasteiger partial charge in [0.05, 0.1) is 0 Å². The molecule has 0 saturated carbocycles. The van der Waals surface area contributed by atoms with E-state index in [4.69, 9.17) is 7.56 Å². The van der Waals surface area contributed by atoms with E-state index in [0.717, 1.165) is 0 Å². The fourth-order valence-electron chi connectivity index (χ4n) is 0.201. The summed E-state index contributed by atoms with van der Waals surface area (Å²) < 4.78 is 14.7. The van der Waals surface area contributed by atoms with Crippen LogP contribution in [-0.4, -0.2) is 58.2 Å². The molecule has 7 heavy (non-hydrogen) atoms. The molecule has 0 bridgehead atoms. The van der Waals surface area contributed by atoms with Gasteiger partial charge in [0.25, 0.3) is 0 Å². The molecule has 0 fully saturated rings. The van der Waals surface area contributed by atoms with Crippen LogP contribution in [0.3, 0.4) is 0 Å². The van der Waals surface area contributed by atoms with Crippen molar-refractivity contribution < 1.29 is 7.56 Å². The molecule has 0 radical (unpaired) electrons. The second-order valence-electron chi connectivity index (χ2n) is 1.02. The fraction of sp³-hybridized carbons (Fsp3) is 1.00. The molecule has 0 aromatic heterocycles. The summed E-state index contributed by atoms with van der Waals surface area (Å²) in [4.78, 5) is 0. The molecule has 0 unspecified atom stereocenters. The summed E-state index contributed by atoms with van der Waals surface area (Å²) in [5.41, 5.74) is 0. The van der Waals surface area contributed by atoms with Crippen LogP contribution >= 0.6 is 0 Å². The van der Waals surface area contributed by atoms with E-state index in [-0.39, 0.29) is 0 Å². The van der Waals surface area contributed by atoms with Gasteiger partial charge in [-0.1, -0.05) is 0 Å². The Balaban J connectivity index is 2.45. The molecule has 0 aromatic rings. The predicted octanol–water partition coefficient (Wildman–Crippen LogP) is -1.71. The van der Waals surface area contributed by atoms with Crippen LogP contribution in [0.15, 0.2) is 0 Å². The zero-order valence-corrected chi connectivity index (χ0v) is 12.7.